The number of carbonyl (C=O) groups excluding carboxylic acids is 2. The molecule has 23 heavy (non-hydrogen) atoms. The Balaban J connectivity index is 1.85. The predicted molar refractivity (Wildman–Crippen MR) is 87.9 cm³/mol. The van der Waals surface area contributed by atoms with Crippen molar-refractivity contribution >= 4 is 29.2 Å². The van der Waals surface area contributed by atoms with Gasteiger partial charge in [0.25, 0.3) is 0 Å². The van der Waals surface area contributed by atoms with E-state index < -0.39 is 5.92 Å². The summed E-state index contributed by atoms with van der Waals surface area (Å²) in [6.07, 6.45) is 1.79. The van der Waals surface area contributed by atoms with Gasteiger partial charge >= 0.3 is 0 Å². The first kappa shape index (κ1) is 15.5. The van der Waals surface area contributed by atoms with Crippen molar-refractivity contribution in [1.29, 1.82) is 0 Å². The van der Waals surface area contributed by atoms with Crippen LogP contribution in [0.1, 0.15) is 18.0 Å². The van der Waals surface area contributed by atoms with Gasteiger partial charge in [-0.3, -0.25) is 9.59 Å². The molecule has 2 unspecified atom stereocenters. The lowest BCUT2D eigenvalue weighted by atomic mass is 9.93. The van der Waals surface area contributed by atoms with Crippen molar-refractivity contribution in [2.45, 2.75) is 12.5 Å². The Bertz CT molecular complexity index is 718. The average Bonchev–Trinajstić information content (AvgIpc) is 2.85. The van der Waals surface area contributed by atoms with E-state index in [1.807, 2.05) is 12.1 Å². The highest BCUT2D eigenvalue weighted by molar-refractivity contribution is 6.30. The highest BCUT2D eigenvalue weighted by atomic mass is 35.5. The summed E-state index contributed by atoms with van der Waals surface area (Å²) >= 11 is 5.92. The fourth-order valence-corrected chi connectivity index (χ4v) is 3.00. The maximum Gasteiger partial charge on any atom is 0.231 e. The first-order valence-corrected chi connectivity index (χ1v) is 7.67. The molecule has 1 saturated heterocycles. The Morgan fingerprint density at radius 1 is 1.26 bits per heavy atom. The van der Waals surface area contributed by atoms with E-state index in [4.69, 9.17) is 11.6 Å². The van der Waals surface area contributed by atoms with Crippen LogP contribution in [-0.2, 0) is 9.59 Å². The zero-order valence-corrected chi connectivity index (χ0v) is 13.3. The summed E-state index contributed by atoms with van der Waals surface area (Å²) in [4.78, 5) is 30.4. The Kier molecular flexibility index (Phi) is 4.30. The van der Waals surface area contributed by atoms with Crippen LogP contribution in [0.2, 0.25) is 5.02 Å². The van der Waals surface area contributed by atoms with Gasteiger partial charge in [0.1, 0.15) is 5.82 Å². The first-order valence-electron chi connectivity index (χ1n) is 7.29. The maximum atomic E-state index is 12.6. The third-order valence-electron chi connectivity index (χ3n) is 4.05. The second-order valence-corrected chi connectivity index (χ2v) is 5.95. The Labute approximate surface area is 139 Å². The molecule has 2 aromatic rings. The van der Waals surface area contributed by atoms with Crippen molar-refractivity contribution in [3.8, 4) is 0 Å². The van der Waals surface area contributed by atoms with Gasteiger partial charge in [-0.2, -0.15) is 0 Å². The van der Waals surface area contributed by atoms with E-state index in [2.05, 4.69) is 10.3 Å². The molecule has 0 saturated carbocycles. The van der Waals surface area contributed by atoms with Crippen molar-refractivity contribution in [2.75, 3.05) is 12.4 Å². The van der Waals surface area contributed by atoms with Crippen LogP contribution in [0.25, 0.3) is 0 Å². The molecule has 5 nitrogen and oxygen atoms in total. The first-order chi connectivity index (χ1) is 11.1. The quantitative estimate of drug-likeness (QED) is 0.941. The molecule has 1 aliphatic rings. The van der Waals surface area contributed by atoms with Crippen molar-refractivity contribution in [2.24, 2.45) is 5.92 Å². The predicted octanol–water partition coefficient (Wildman–Crippen LogP) is 2.89. The molecule has 2 atom stereocenters. The monoisotopic (exact) mass is 329 g/mol. The van der Waals surface area contributed by atoms with E-state index in [0.29, 0.717) is 10.8 Å². The standard InChI is InChI=1S/C17H16ClN3O2/c1-21-15(22)10-13(16(21)11-5-7-12(18)8-6-11)17(23)20-14-4-2-3-9-19-14/h2-9,13,16H,10H2,1H3,(H,19,20,23). The third kappa shape index (κ3) is 3.19. The minimum atomic E-state index is -0.462. The number of aromatic nitrogens is 1. The number of carbonyl (C=O) groups is 2. The van der Waals surface area contributed by atoms with E-state index in [9.17, 15) is 9.59 Å². The van der Waals surface area contributed by atoms with Gasteiger partial charge in [-0.15, -0.1) is 0 Å². The van der Waals surface area contributed by atoms with Gasteiger partial charge in [-0.25, -0.2) is 4.98 Å². The number of pyridine rings is 1. The number of benzene rings is 1. The van der Waals surface area contributed by atoms with Gasteiger partial charge in [0.15, 0.2) is 0 Å². The molecule has 0 radical (unpaired) electrons. The number of nitrogens with zero attached hydrogens (tertiary/aromatic N) is 2. The number of amides is 2. The van der Waals surface area contributed by atoms with Crippen LogP contribution >= 0.6 is 11.6 Å². The molecule has 1 aromatic carbocycles. The smallest absolute Gasteiger partial charge is 0.231 e. The molecule has 1 aromatic heterocycles. The molecule has 1 N–H and O–H groups in total. The number of anilines is 1. The zero-order valence-electron chi connectivity index (χ0n) is 12.6. The van der Waals surface area contributed by atoms with Crippen LogP contribution in [0.4, 0.5) is 5.82 Å². The molecule has 0 aliphatic carbocycles. The number of hydrogen-bond acceptors (Lipinski definition) is 3. The molecule has 6 heteroatoms. The second-order valence-electron chi connectivity index (χ2n) is 5.52. The molecule has 3 rings (SSSR count). The van der Waals surface area contributed by atoms with Crippen LogP contribution in [0.5, 0.6) is 0 Å². The zero-order chi connectivity index (χ0) is 16.4. The molecular weight excluding hydrogens is 314 g/mol. The van der Waals surface area contributed by atoms with E-state index in [-0.39, 0.29) is 24.3 Å². The average molecular weight is 330 g/mol. The summed E-state index contributed by atoms with van der Waals surface area (Å²) in [5, 5.41) is 3.40. The lowest BCUT2D eigenvalue weighted by Gasteiger charge is -2.24. The van der Waals surface area contributed by atoms with Crippen LogP contribution in [0.3, 0.4) is 0 Å². The lowest BCUT2D eigenvalue weighted by Crippen LogP contribution is -2.30. The summed E-state index contributed by atoms with van der Waals surface area (Å²) in [5.74, 6) is -0.238. The van der Waals surface area contributed by atoms with Crippen molar-refractivity contribution in [3.63, 3.8) is 0 Å². The molecule has 0 bridgehead atoms. The van der Waals surface area contributed by atoms with Crippen molar-refractivity contribution in [1.82, 2.24) is 9.88 Å². The Morgan fingerprint density at radius 2 is 2.00 bits per heavy atom. The normalized spacial score (nSPS) is 20.6. The van der Waals surface area contributed by atoms with Gasteiger partial charge in [0, 0.05) is 24.7 Å². The Hall–Kier alpha value is -2.40. The highest BCUT2D eigenvalue weighted by Gasteiger charge is 2.42. The largest absolute Gasteiger partial charge is 0.338 e. The van der Waals surface area contributed by atoms with E-state index in [0.717, 1.165) is 5.56 Å². The maximum absolute atomic E-state index is 12.6. The number of likely N-dealkylation sites (tertiary alicyclic amines) is 1. The summed E-state index contributed by atoms with van der Waals surface area (Å²) in [7, 11) is 1.72. The number of hydrogen-bond donors (Lipinski definition) is 1. The van der Waals surface area contributed by atoms with E-state index >= 15 is 0 Å². The van der Waals surface area contributed by atoms with Gasteiger partial charge in [0.05, 0.1) is 12.0 Å². The summed E-state index contributed by atoms with van der Waals surface area (Å²) in [6, 6.07) is 12.2. The van der Waals surface area contributed by atoms with Crippen LogP contribution in [0, 0.1) is 5.92 Å². The number of halogens is 1. The minimum absolute atomic E-state index is 0.0499. The number of nitrogens with one attached hydrogen (secondary N) is 1. The van der Waals surface area contributed by atoms with E-state index in [1.165, 1.54) is 0 Å². The number of rotatable bonds is 3. The summed E-state index contributed by atoms with van der Waals surface area (Å²) in [5.41, 5.74) is 0.893. The molecule has 2 amide bonds. The van der Waals surface area contributed by atoms with Gasteiger partial charge in [-0.05, 0) is 29.8 Å². The topological polar surface area (TPSA) is 62.3 Å². The third-order valence-corrected chi connectivity index (χ3v) is 4.30. The van der Waals surface area contributed by atoms with Gasteiger partial charge in [0.2, 0.25) is 11.8 Å². The fraction of sp³-hybridized carbons (Fsp3) is 0.235. The lowest BCUT2D eigenvalue weighted by molar-refractivity contribution is -0.127. The molecular formula is C17H16ClN3O2. The second kappa shape index (κ2) is 6.38. The van der Waals surface area contributed by atoms with Gasteiger partial charge < -0.3 is 10.2 Å². The van der Waals surface area contributed by atoms with Gasteiger partial charge in [-0.1, -0.05) is 29.8 Å². The van der Waals surface area contributed by atoms with E-state index in [1.54, 1.807) is 48.5 Å². The fourth-order valence-electron chi connectivity index (χ4n) is 2.88. The molecule has 2 heterocycles. The molecule has 118 valence electrons. The molecule has 1 fully saturated rings. The minimum Gasteiger partial charge on any atom is -0.338 e. The summed E-state index contributed by atoms with van der Waals surface area (Å²) < 4.78 is 0. The van der Waals surface area contributed by atoms with Crippen LogP contribution in [-0.4, -0.2) is 28.7 Å². The molecule has 0 spiro atoms. The van der Waals surface area contributed by atoms with Crippen molar-refractivity contribution < 1.29 is 9.59 Å². The SMILES string of the molecule is CN1C(=O)CC(C(=O)Nc2ccccn2)C1c1ccc(Cl)cc1. The summed E-state index contributed by atoms with van der Waals surface area (Å²) in [6.45, 7) is 0. The van der Waals surface area contributed by atoms with Crippen LogP contribution < -0.4 is 5.32 Å². The molecule has 1 aliphatic heterocycles. The Morgan fingerprint density at radius 3 is 2.65 bits per heavy atom. The highest BCUT2D eigenvalue weighted by Crippen LogP contribution is 2.37. The van der Waals surface area contributed by atoms with Crippen molar-refractivity contribution in [3.05, 3.63) is 59.2 Å². The van der Waals surface area contributed by atoms with Crippen LogP contribution in [0.15, 0.2) is 48.7 Å².